The third kappa shape index (κ3) is 3.52. The summed E-state index contributed by atoms with van der Waals surface area (Å²) < 4.78 is 35.8. The molecule has 0 bridgehead atoms. The molecule has 0 aromatic carbocycles. The highest BCUT2D eigenvalue weighted by Gasteiger charge is 2.30. The quantitative estimate of drug-likeness (QED) is 0.624. The SMILES string of the molecule is C=C(/C=N\CCC1CCC1)C(F)(F)F. The first-order chi connectivity index (χ1) is 6.50. The van der Waals surface area contributed by atoms with Crippen molar-refractivity contribution >= 4 is 6.21 Å². The summed E-state index contributed by atoms with van der Waals surface area (Å²) in [5, 5.41) is 0. The van der Waals surface area contributed by atoms with E-state index in [0.29, 0.717) is 12.5 Å². The molecule has 1 aliphatic rings. The van der Waals surface area contributed by atoms with E-state index in [0.717, 1.165) is 12.6 Å². The van der Waals surface area contributed by atoms with Crippen LogP contribution in [0.1, 0.15) is 25.7 Å². The molecule has 0 saturated heterocycles. The Kier molecular flexibility index (Phi) is 3.72. The molecule has 1 aliphatic carbocycles. The van der Waals surface area contributed by atoms with Crippen LogP contribution in [0, 0.1) is 5.92 Å². The lowest BCUT2D eigenvalue weighted by Gasteiger charge is -2.24. The molecule has 1 nitrogen and oxygen atoms in total. The van der Waals surface area contributed by atoms with Gasteiger partial charge in [0.25, 0.3) is 0 Å². The fourth-order valence-electron chi connectivity index (χ4n) is 1.29. The molecule has 80 valence electrons. The topological polar surface area (TPSA) is 12.4 Å². The van der Waals surface area contributed by atoms with Gasteiger partial charge in [0.1, 0.15) is 0 Å². The molecule has 0 spiro atoms. The first-order valence-corrected chi connectivity index (χ1v) is 4.76. The van der Waals surface area contributed by atoms with Crippen molar-refractivity contribution in [3.8, 4) is 0 Å². The van der Waals surface area contributed by atoms with E-state index in [4.69, 9.17) is 0 Å². The number of hydrogen-bond acceptors (Lipinski definition) is 1. The average molecular weight is 205 g/mol. The summed E-state index contributed by atoms with van der Waals surface area (Å²) in [6, 6.07) is 0. The number of nitrogens with zero attached hydrogens (tertiary/aromatic N) is 1. The van der Waals surface area contributed by atoms with Crippen molar-refractivity contribution in [2.45, 2.75) is 31.9 Å². The smallest absolute Gasteiger partial charge is 0.293 e. The van der Waals surface area contributed by atoms with E-state index >= 15 is 0 Å². The van der Waals surface area contributed by atoms with Gasteiger partial charge in [-0.15, -0.1) is 0 Å². The Morgan fingerprint density at radius 3 is 2.50 bits per heavy atom. The lowest BCUT2D eigenvalue weighted by Crippen LogP contribution is -2.13. The van der Waals surface area contributed by atoms with Gasteiger partial charge in [0, 0.05) is 12.8 Å². The normalized spacial score (nSPS) is 18.5. The first kappa shape index (κ1) is 11.3. The van der Waals surface area contributed by atoms with Crippen LogP contribution in [-0.2, 0) is 0 Å². The third-order valence-corrected chi connectivity index (χ3v) is 2.50. The van der Waals surface area contributed by atoms with Gasteiger partial charge < -0.3 is 0 Å². The number of halogens is 3. The van der Waals surface area contributed by atoms with Crippen molar-refractivity contribution in [2.75, 3.05) is 6.54 Å². The maximum absolute atomic E-state index is 11.9. The average Bonchev–Trinajstić information content (AvgIpc) is 1.98. The summed E-state index contributed by atoms with van der Waals surface area (Å²) in [7, 11) is 0. The molecule has 0 radical (unpaired) electrons. The van der Waals surface area contributed by atoms with Crippen molar-refractivity contribution < 1.29 is 13.2 Å². The summed E-state index contributed by atoms with van der Waals surface area (Å²) in [5.41, 5.74) is -0.869. The van der Waals surface area contributed by atoms with Gasteiger partial charge >= 0.3 is 6.18 Å². The van der Waals surface area contributed by atoms with E-state index in [-0.39, 0.29) is 0 Å². The van der Waals surface area contributed by atoms with Crippen molar-refractivity contribution in [1.82, 2.24) is 0 Å². The van der Waals surface area contributed by atoms with Gasteiger partial charge in [-0.1, -0.05) is 25.8 Å². The fourth-order valence-corrected chi connectivity index (χ4v) is 1.29. The minimum atomic E-state index is -4.33. The Morgan fingerprint density at radius 1 is 1.43 bits per heavy atom. The molecule has 0 aromatic heterocycles. The molecular weight excluding hydrogens is 191 g/mol. The van der Waals surface area contributed by atoms with Gasteiger partial charge in [-0.25, -0.2) is 0 Å². The van der Waals surface area contributed by atoms with Crippen molar-refractivity contribution in [1.29, 1.82) is 0 Å². The zero-order chi connectivity index (χ0) is 10.6. The van der Waals surface area contributed by atoms with E-state index < -0.39 is 11.7 Å². The van der Waals surface area contributed by atoms with Gasteiger partial charge in [0.05, 0.1) is 5.57 Å². The van der Waals surface area contributed by atoms with Gasteiger partial charge in [0.15, 0.2) is 0 Å². The number of aliphatic imine (C=N–C) groups is 1. The van der Waals surface area contributed by atoms with E-state index in [1.54, 1.807) is 0 Å². The summed E-state index contributed by atoms with van der Waals surface area (Å²) in [6.45, 7) is 3.39. The predicted molar refractivity (Wildman–Crippen MR) is 50.5 cm³/mol. The summed E-state index contributed by atoms with van der Waals surface area (Å²) in [6.07, 6.45) is 1.06. The molecule has 0 atom stereocenters. The van der Waals surface area contributed by atoms with E-state index in [1.807, 2.05) is 0 Å². The number of allylic oxidation sites excluding steroid dienone is 1. The zero-order valence-electron chi connectivity index (χ0n) is 7.98. The maximum atomic E-state index is 11.9. The van der Waals surface area contributed by atoms with Crippen LogP contribution in [0.2, 0.25) is 0 Å². The van der Waals surface area contributed by atoms with Gasteiger partial charge in [-0.2, -0.15) is 13.2 Å². The molecule has 14 heavy (non-hydrogen) atoms. The second kappa shape index (κ2) is 4.62. The lowest BCUT2D eigenvalue weighted by molar-refractivity contribution is -0.0852. The largest absolute Gasteiger partial charge is 0.417 e. The molecular formula is C10H14F3N. The molecule has 1 fully saturated rings. The van der Waals surface area contributed by atoms with Crippen LogP contribution in [0.25, 0.3) is 0 Å². The molecule has 0 aliphatic heterocycles. The Morgan fingerprint density at radius 2 is 2.07 bits per heavy atom. The van der Waals surface area contributed by atoms with Crippen LogP contribution >= 0.6 is 0 Å². The fraction of sp³-hybridized carbons (Fsp3) is 0.700. The van der Waals surface area contributed by atoms with Gasteiger partial charge in [0.2, 0.25) is 0 Å². The maximum Gasteiger partial charge on any atom is 0.417 e. The Balaban J connectivity index is 2.16. The van der Waals surface area contributed by atoms with Crippen LogP contribution in [0.15, 0.2) is 17.1 Å². The lowest BCUT2D eigenvalue weighted by atomic mass is 9.83. The van der Waals surface area contributed by atoms with E-state index in [9.17, 15) is 13.2 Å². The molecule has 0 unspecified atom stereocenters. The minimum Gasteiger partial charge on any atom is -0.293 e. The highest BCUT2D eigenvalue weighted by atomic mass is 19.4. The van der Waals surface area contributed by atoms with Crippen LogP contribution in [0.5, 0.6) is 0 Å². The molecule has 0 N–H and O–H groups in total. The predicted octanol–water partition coefficient (Wildman–Crippen LogP) is 3.37. The van der Waals surface area contributed by atoms with E-state index in [1.165, 1.54) is 19.3 Å². The second-order valence-corrected chi connectivity index (χ2v) is 3.64. The summed E-state index contributed by atoms with van der Waals surface area (Å²) in [5.74, 6) is 0.686. The molecule has 1 saturated carbocycles. The third-order valence-electron chi connectivity index (χ3n) is 2.50. The van der Waals surface area contributed by atoms with Gasteiger partial charge in [-0.3, -0.25) is 4.99 Å². The molecule has 1 rings (SSSR count). The highest BCUT2D eigenvalue weighted by molar-refractivity contribution is 5.79. The first-order valence-electron chi connectivity index (χ1n) is 4.76. The van der Waals surface area contributed by atoms with Crippen LogP contribution in [0.4, 0.5) is 13.2 Å². The van der Waals surface area contributed by atoms with Crippen LogP contribution < -0.4 is 0 Å². The number of rotatable bonds is 4. The molecule has 0 heterocycles. The van der Waals surface area contributed by atoms with E-state index in [2.05, 4.69) is 11.6 Å². The Labute approximate surface area is 81.7 Å². The monoisotopic (exact) mass is 205 g/mol. The summed E-state index contributed by atoms with van der Waals surface area (Å²) in [4.78, 5) is 3.72. The van der Waals surface area contributed by atoms with Crippen LogP contribution in [-0.4, -0.2) is 18.9 Å². The van der Waals surface area contributed by atoms with Crippen LogP contribution in [0.3, 0.4) is 0 Å². The molecule has 0 amide bonds. The van der Waals surface area contributed by atoms with Gasteiger partial charge in [-0.05, 0) is 12.3 Å². The Hall–Kier alpha value is -0.800. The van der Waals surface area contributed by atoms with Crippen molar-refractivity contribution in [3.05, 3.63) is 12.2 Å². The second-order valence-electron chi connectivity index (χ2n) is 3.64. The minimum absolute atomic E-state index is 0.486. The highest BCUT2D eigenvalue weighted by Crippen LogP contribution is 2.29. The van der Waals surface area contributed by atoms with Crippen molar-refractivity contribution in [3.63, 3.8) is 0 Å². The van der Waals surface area contributed by atoms with Crippen molar-refractivity contribution in [2.24, 2.45) is 10.9 Å². The molecule has 4 heteroatoms. The molecule has 0 aromatic rings. The standard InChI is InChI=1S/C10H14F3N/c1-8(10(11,12)13)7-14-6-5-9-3-2-4-9/h7,9H,1-6H2/b14-7-. The summed E-state index contributed by atoms with van der Waals surface area (Å²) >= 11 is 0. The zero-order valence-corrected chi connectivity index (χ0v) is 7.98. The number of hydrogen-bond donors (Lipinski definition) is 0. The Bertz CT molecular complexity index is 226. The number of alkyl halides is 3.